The van der Waals surface area contributed by atoms with Crippen LogP contribution in [0.1, 0.15) is 57.9 Å². The van der Waals surface area contributed by atoms with Crippen LogP contribution in [-0.2, 0) is 25.6 Å². The Morgan fingerprint density at radius 1 is 1.09 bits per heavy atom. The smallest absolute Gasteiger partial charge is 0.374 e. The normalized spacial score (nSPS) is 17.0. The fourth-order valence-corrected chi connectivity index (χ4v) is 6.85. The van der Waals surface area contributed by atoms with Gasteiger partial charge in [-0.3, -0.25) is 14.4 Å². The van der Waals surface area contributed by atoms with Crippen LogP contribution in [0, 0.1) is 5.92 Å². The summed E-state index contributed by atoms with van der Waals surface area (Å²) >= 11 is 0. The number of ketones is 1. The van der Waals surface area contributed by atoms with Gasteiger partial charge in [0, 0.05) is 23.8 Å². The van der Waals surface area contributed by atoms with Crippen molar-refractivity contribution >= 4 is 45.2 Å². The molecule has 1 unspecified atom stereocenters. The van der Waals surface area contributed by atoms with Crippen LogP contribution in [0.15, 0.2) is 24.3 Å². The van der Waals surface area contributed by atoms with Crippen LogP contribution in [-0.4, -0.2) is 58.9 Å². The fraction of sp³-hybridized carbons (Fsp3) is 0.600. The number of carbonyl (C=O) groups is 4. The number of ether oxygens (including phenoxy) is 1. The zero-order chi connectivity index (χ0) is 25.8. The van der Waals surface area contributed by atoms with Gasteiger partial charge >= 0.3 is 5.97 Å². The molecule has 1 fully saturated rings. The summed E-state index contributed by atoms with van der Waals surface area (Å²) in [4.78, 5) is 49.3. The summed E-state index contributed by atoms with van der Waals surface area (Å²) in [5.41, 5.74) is 0.675. The van der Waals surface area contributed by atoms with Crippen LogP contribution in [0.2, 0.25) is 0 Å². The molecule has 0 aliphatic carbocycles. The molecule has 1 heterocycles. The van der Waals surface area contributed by atoms with E-state index in [0.29, 0.717) is 29.4 Å². The first kappa shape index (κ1) is 29.0. The summed E-state index contributed by atoms with van der Waals surface area (Å²) in [6.45, 7) is 3.86. The minimum atomic E-state index is -1.62. The molecule has 8 nitrogen and oxygen atoms in total. The highest BCUT2D eigenvalue weighted by atomic mass is 33.1. The molecular formula is C25H36N2O6S2. The van der Waals surface area contributed by atoms with Gasteiger partial charge in [-0.15, -0.1) is 0 Å². The van der Waals surface area contributed by atoms with Crippen molar-refractivity contribution in [1.29, 1.82) is 0 Å². The van der Waals surface area contributed by atoms with Crippen molar-refractivity contribution < 1.29 is 29.0 Å². The molecule has 0 spiro atoms. The number of nitrogens with one attached hydrogen (secondary N) is 2. The molecule has 194 valence electrons. The number of aliphatic carboxylic acids is 1. The SMILES string of the molecule is COc1ccc(C[C@H](NC(=O)[C@H](CC(C)C)NC(=O)CCCCC2CCSS2)C(=O)C(=O)O)cc1. The first-order chi connectivity index (χ1) is 16.7. The highest BCUT2D eigenvalue weighted by Crippen LogP contribution is 2.39. The van der Waals surface area contributed by atoms with Gasteiger partial charge in [0.2, 0.25) is 11.8 Å². The lowest BCUT2D eigenvalue weighted by Gasteiger charge is -2.23. The second-order valence-corrected chi connectivity index (χ2v) is 11.9. The lowest BCUT2D eigenvalue weighted by Crippen LogP contribution is -2.53. The van der Waals surface area contributed by atoms with E-state index in [9.17, 15) is 24.3 Å². The van der Waals surface area contributed by atoms with Gasteiger partial charge in [-0.2, -0.15) is 0 Å². The molecule has 0 bridgehead atoms. The average molecular weight is 525 g/mol. The lowest BCUT2D eigenvalue weighted by molar-refractivity contribution is -0.150. The molecule has 0 aromatic heterocycles. The maximum absolute atomic E-state index is 13.1. The predicted molar refractivity (Wildman–Crippen MR) is 140 cm³/mol. The summed E-state index contributed by atoms with van der Waals surface area (Å²) in [7, 11) is 5.35. The summed E-state index contributed by atoms with van der Waals surface area (Å²) in [5.74, 6) is -1.57. The largest absolute Gasteiger partial charge is 0.497 e. The van der Waals surface area contributed by atoms with Crippen molar-refractivity contribution in [2.45, 2.75) is 76.1 Å². The summed E-state index contributed by atoms with van der Waals surface area (Å²) < 4.78 is 5.12. The van der Waals surface area contributed by atoms with Crippen LogP contribution in [0.25, 0.3) is 0 Å². The molecule has 1 aromatic rings. The number of amides is 2. The van der Waals surface area contributed by atoms with Crippen molar-refractivity contribution in [1.82, 2.24) is 10.6 Å². The molecule has 0 radical (unpaired) electrons. The van der Waals surface area contributed by atoms with Crippen molar-refractivity contribution in [2.24, 2.45) is 5.92 Å². The maximum atomic E-state index is 13.1. The van der Waals surface area contributed by atoms with E-state index in [4.69, 9.17) is 4.74 Å². The molecule has 1 aliphatic rings. The van der Waals surface area contributed by atoms with Gasteiger partial charge in [0.05, 0.1) is 7.11 Å². The summed E-state index contributed by atoms with van der Waals surface area (Å²) in [6, 6.07) is 4.73. The Hall–Kier alpha value is -2.20. The Labute approximate surface area is 215 Å². The third-order valence-electron chi connectivity index (χ3n) is 5.71. The molecule has 1 aliphatic heterocycles. The van der Waals surface area contributed by atoms with Gasteiger partial charge in [0.25, 0.3) is 5.78 Å². The Morgan fingerprint density at radius 3 is 2.37 bits per heavy atom. The van der Waals surface area contributed by atoms with Crippen molar-refractivity contribution in [3.05, 3.63) is 29.8 Å². The number of benzene rings is 1. The number of rotatable bonds is 15. The molecule has 35 heavy (non-hydrogen) atoms. The fourth-order valence-electron chi connectivity index (χ4n) is 3.82. The van der Waals surface area contributed by atoms with Crippen LogP contribution in [0.5, 0.6) is 5.75 Å². The van der Waals surface area contributed by atoms with E-state index >= 15 is 0 Å². The van der Waals surface area contributed by atoms with Crippen LogP contribution in [0.3, 0.4) is 0 Å². The Kier molecular flexibility index (Phi) is 12.5. The molecule has 1 saturated heterocycles. The van der Waals surface area contributed by atoms with E-state index < -0.39 is 29.7 Å². The maximum Gasteiger partial charge on any atom is 0.374 e. The highest BCUT2D eigenvalue weighted by molar-refractivity contribution is 8.77. The minimum Gasteiger partial charge on any atom is -0.497 e. The second kappa shape index (κ2) is 15.0. The number of carbonyl (C=O) groups excluding carboxylic acids is 3. The number of carboxylic acid groups (broad SMARTS) is 1. The number of hydrogen-bond acceptors (Lipinski definition) is 7. The zero-order valence-corrected chi connectivity index (χ0v) is 22.2. The van der Waals surface area contributed by atoms with Crippen LogP contribution < -0.4 is 15.4 Å². The van der Waals surface area contributed by atoms with Crippen molar-refractivity contribution in [3.8, 4) is 5.75 Å². The Balaban J connectivity index is 1.97. The standard InChI is InChI=1S/C25H36N2O6S2/c1-16(2)14-21(26-22(28)7-5-4-6-19-12-13-34-35-19)24(30)27-20(23(29)25(31)32)15-17-8-10-18(33-3)11-9-17/h8-11,16,19-21H,4-7,12-15H2,1-3H3,(H,26,28)(H,27,30)(H,31,32)/t19?,20-,21-/m0/s1. The van der Waals surface area contributed by atoms with Crippen LogP contribution >= 0.6 is 21.6 Å². The van der Waals surface area contributed by atoms with Gasteiger partial charge in [-0.25, -0.2) is 4.79 Å². The zero-order valence-electron chi connectivity index (χ0n) is 20.6. The first-order valence-corrected chi connectivity index (χ1v) is 14.4. The number of unbranched alkanes of at least 4 members (excludes halogenated alkanes) is 1. The number of Topliss-reactive ketones (excluding diaryl/α,β-unsaturated/α-hetero) is 1. The quantitative estimate of drug-likeness (QED) is 0.181. The topological polar surface area (TPSA) is 122 Å². The third kappa shape index (κ3) is 10.5. The second-order valence-electron chi connectivity index (χ2n) is 9.11. The van der Waals surface area contributed by atoms with Gasteiger partial charge in [0.15, 0.2) is 0 Å². The van der Waals surface area contributed by atoms with Crippen molar-refractivity contribution in [3.63, 3.8) is 0 Å². The summed E-state index contributed by atoms with van der Waals surface area (Å²) in [5, 5.41) is 15.3. The molecule has 2 rings (SSSR count). The molecule has 0 saturated carbocycles. The first-order valence-electron chi connectivity index (χ1n) is 12.0. The molecule has 10 heteroatoms. The van der Waals surface area contributed by atoms with Crippen LogP contribution in [0.4, 0.5) is 0 Å². The number of hydrogen-bond donors (Lipinski definition) is 3. The van der Waals surface area contributed by atoms with E-state index in [1.165, 1.54) is 19.3 Å². The number of carboxylic acids is 1. The summed E-state index contributed by atoms with van der Waals surface area (Å²) in [6.07, 6.45) is 4.74. The monoisotopic (exact) mass is 524 g/mol. The molecule has 3 atom stereocenters. The van der Waals surface area contributed by atoms with Gasteiger partial charge < -0.3 is 20.5 Å². The molecule has 2 amide bonds. The van der Waals surface area contributed by atoms with E-state index in [-0.39, 0.29) is 18.2 Å². The lowest BCUT2D eigenvalue weighted by atomic mass is 9.99. The van der Waals surface area contributed by atoms with E-state index in [1.807, 2.05) is 35.4 Å². The van der Waals surface area contributed by atoms with Crippen molar-refractivity contribution in [2.75, 3.05) is 12.9 Å². The number of methoxy groups -OCH3 is 1. The third-order valence-corrected chi connectivity index (χ3v) is 8.72. The highest BCUT2D eigenvalue weighted by Gasteiger charge is 2.30. The Morgan fingerprint density at radius 2 is 1.80 bits per heavy atom. The Bertz CT molecular complexity index is 856. The molecular weight excluding hydrogens is 488 g/mol. The van der Waals surface area contributed by atoms with Gasteiger partial charge in [-0.1, -0.05) is 54.0 Å². The van der Waals surface area contributed by atoms with Gasteiger partial charge in [0.1, 0.15) is 17.8 Å². The minimum absolute atomic E-state index is 0.0146. The van der Waals surface area contributed by atoms with Gasteiger partial charge in [-0.05, 0) is 49.3 Å². The van der Waals surface area contributed by atoms with E-state index in [2.05, 4.69) is 10.6 Å². The molecule has 1 aromatic carbocycles. The van der Waals surface area contributed by atoms with E-state index in [0.717, 1.165) is 19.3 Å². The molecule has 3 N–H and O–H groups in total. The van der Waals surface area contributed by atoms with E-state index in [1.54, 1.807) is 24.3 Å². The average Bonchev–Trinajstić information content (AvgIpc) is 3.34. The predicted octanol–water partition coefficient (Wildman–Crippen LogP) is 3.62.